The summed E-state index contributed by atoms with van der Waals surface area (Å²) in [5.74, 6) is 1.32. The minimum atomic E-state index is 0.575. The van der Waals surface area contributed by atoms with Gasteiger partial charge in [-0.3, -0.25) is 4.57 Å². The van der Waals surface area contributed by atoms with Crippen molar-refractivity contribution in [2.24, 2.45) is 4.99 Å². The van der Waals surface area contributed by atoms with Crippen molar-refractivity contribution in [3.63, 3.8) is 0 Å². The molecule has 11 rings (SSSR count). The molecule has 0 spiro atoms. The third-order valence-corrected chi connectivity index (χ3v) is 11.8. The van der Waals surface area contributed by atoms with Crippen LogP contribution in [-0.4, -0.2) is 10.4 Å². The largest absolute Gasteiger partial charge is 0.454 e. The summed E-state index contributed by atoms with van der Waals surface area (Å²) in [7, 11) is 0. The number of aliphatic imine (C=N–C) groups is 1. The van der Waals surface area contributed by atoms with E-state index in [9.17, 15) is 0 Å². The van der Waals surface area contributed by atoms with Crippen molar-refractivity contribution in [1.29, 1.82) is 0 Å². The number of aromatic nitrogens is 1. The number of nitrogens with zero attached hydrogens (tertiary/aromatic N) is 2. The maximum atomic E-state index is 7.17. The minimum Gasteiger partial charge on any atom is -0.454 e. The molecule has 0 saturated heterocycles. The van der Waals surface area contributed by atoms with E-state index in [1.807, 2.05) is 18.2 Å². The van der Waals surface area contributed by atoms with Crippen LogP contribution < -0.4 is 0 Å². The second-order valence-corrected chi connectivity index (χ2v) is 15.0. The predicted octanol–water partition coefficient (Wildman–Crippen LogP) is 14.3. The van der Waals surface area contributed by atoms with Crippen LogP contribution >= 0.6 is 0 Å². The summed E-state index contributed by atoms with van der Waals surface area (Å²) >= 11 is 0. The lowest BCUT2D eigenvalue weighted by Crippen LogP contribution is -2.15. The van der Waals surface area contributed by atoms with Crippen molar-refractivity contribution >= 4 is 82.8 Å². The van der Waals surface area contributed by atoms with E-state index in [0.29, 0.717) is 5.88 Å². The first-order valence-electron chi connectivity index (χ1n) is 19.5. The van der Waals surface area contributed by atoms with Gasteiger partial charge in [0.25, 0.3) is 0 Å². The Bertz CT molecular complexity index is 3280. The molecule has 268 valence electrons. The standard InChI is InChI=1S/C52H38N2O2/c1-3-16-39(37-22-15-21-34(29-37)33-17-5-4-6-18-33)51(53-52-32(2)38-23-12-14-28-45(38)56-52)54-44-27-13-11-26-42(44)47-40-24-9-10-25-41(40)48-43-30-35-19-7-8-20-36(35)31-46(43)55-50(48)49(47)54/h3-8,11-23,26-31H,1,9-10,24-25H2,2H3/b39-16+,53-51+. The van der Waals surface area contributed by atoms with Gasteiger partial charge in [-0.1, -0.05) is 128 Å². The van der Waals surface area contributed by atoms with Gasteiger partial charge in [-0.25, -0.2) is 0 Å². The number of benzene rings is 7. The molecule has 1 aliphatic carbocycles. The van der Waals surface area contributed by atoms with Gasteiger partial charge in [0.15, 0.2) is 5.58 Å². The van der Waals surface area contributed by atoms with Crippen molar-refractivity contribution in [1.82, 2.24) is 4.57 Å². The van der Waals surface area contributed by atoms with E-state index in [1.54, 1.807) is 0 Å². The molecule has 0 saturated carbocycles. The Morgan fingerprint density at radius 1 is 0.643 bits per heavy atom. The van der Waals surface area contributed by atoms with Crippen molar-refractivity contribution in [2.45, 2.75) is 32.6 Å². The second kappa shape index (κ2) is 12.9. The van der Waals surface area contributed by atoms with Gasteiger partial charge in [-0.2, -0.15) is 4.99 Å². The van der Waals surface area contributed by atoms with Gasteiger partial charge in [-0.15, -0.1) is 0 Å². The Balaban J connectivity index is 1.31. The minimum absolute atomic E-state index is 0.575. The number of allylic oxidation sites excluding steroid dienone is 3. The molecule has 0 radical (unpaired) electrons. The van der Waals surface area contributed by atoms with Gasteiger partial charge < -0.3 is 8.83 Å². The fourth-order valence-electron chi connectivity index (χ4n) is 9.20. The molecule has 0 fully saturated rings. The summed E-state index contributed by atoms with van der Waals surface area (Å²) < 4.78 is 16.1. The SMILES string of the molecule is C=C/C=C(/C(=N\c1oc2ccccc2c1C)n1c2ccccc2c2c3c(c4c5cc6ccccc6cc5oc4c21)CCCC3)c1cccc(-c2ccccc2)c1. The molecular weight excluding hydrogens is 685 g/mol. The van der Waals surface area contributed by atoms with Crippen LogP contribution in [-0.2, 0) is 12.8 Å². The Morgan fingerprint density at radius 3 is 2.14 bits per heavy atom. The molecule has 56 heavy (non-hydrogen) atoms. The number of furan rings is 2. The Hall–Kier alpha value is -6.91. The molecule has 0 N–H and O–H groups in total. The van der Waals surface area contributed by atoms with E-state index < -0.39 is 0 Å². The quantitative estimate of drug-likeness (QED) is 0.101. The Kier molecular flexibility index (Phi) is 7.46. The molecular formula is C52H38N2O2. The summed E-state index contributed by atoms with van der Waals surface area (Å²) in [5.41, 5.74) is 12.8. The van der Waals surface area contributed by atoms with E-state index in [2.05, 4.69) is 152 Å². The van der Waals surface area contributed by atoms with Crippen LogP contribution in [0, 0.1) is 6.92 Å². The van der Waals surface area contributed by atoms with Crippen molar-refractivity contribution in [3.8, 4) is 11.1 Å². The molecule has 0 bridgehead atoms. The van der Waals surface area contributed by atoms with Gasteiger partial charge in [-0.05, 0) is 102 Å². The van der Waals surface area contributed by atoms with E-state index in [1.165, 1.54) is 43.4 Å². The molecule has 4 nitrogen and oxygen atoms in total. The topological polar surface area (TPSA) is 43.6 Å². The summed E-state index contributed by atoms with van der Waals surface area (Å²) in [6, 6.07) is 49.3. The first-order chi connectivity index (χ1) is 27.7. The average Bonchev–Trinajstić information content (AvgIpc) is 3.90. The van der Waals surface area contributed by atoms with Crippen LogP contribution in [0.15, 0.2) is 172 Å². The number of rotatable bonds is 5. The molecule has 3 heterocycles. The number of hydrogen-bond donors (Lipinski definition) is 0. The number of fused-ring (bicyclic) bond motifs is 12. The lowest BCUT2D eigenvalue weighted by atomic mass is 9.85. The zero-order valence-corrected chi connectivity index (χ0v) is 31.2. The summed E-state index contributed by atoms with van der Waals surface area (Å²) in [5, 5.41) is 8.26. The smallest absolute Gasteiger partial charge is 0.224 e. The molecule has 10 aromatic rings. The zero-order chi connectivity index (χ0) is 37.3. The molecule has 1 aliphatic rings. The van der Waals surface area contributed by atoms with Gasteiger partial charge in [0.1, 0.15) is 17.0 Å². The van der Waals surface area contributed by atoms with Crippen LogP contribution in [0.2, 0.25) is 0 Å². The lowest BCUT2D eigenvalue weighted by molar-refractivity contribution is 0.623. The molecule has 3 aromatic heterocycles. The Morgan fingerprint density at radius 2 is 1.34 bits per heavy atom. The molecule has 0 atom stereocenters. The van der Waals surface area contributed by atoms with E-state index in [-0.39, 0.29) is 0 Å². The van der Waals surface area contributed by atoms with Crippen LogP contribution in [0.4, 0.5) is 5.88 Å². The highest BCUT2D eigenvalue weighted by Crippen LogP contribution is 2.47. The molecule has 0 unspecified atom stereocenters. The fourth-order valence-corrected chi connectivity index (χ4v) is 9.20. The van der Waals surface area contributed by atoms with E-state index in [0.717, 1.165) is 92.5 Å². The number of para-hydroxylation sites is 2. The molecule has 0 aliphatic heterocycles. The maximum absolute atomic E-state index is 7.17. The zero-order valence-electron chi connectivity index (χ0n) is 31.2. The number of aryl methyl sites for hydroxylation is 3. The molecule has 4 heteroatoms. The lowest BCUT2D eigenvalue weighted by Gasteiger charge is -2.20. The summed E-state index contributed by atoms with van der Waals surface area (Å²) in [6.07, 6.45) is 8.30. The molecule has 7 aromatic carbocycles. The third kappa shape index (κ3) is 4.95. The summed E-state index contributed by atoms with van der Waals surface area (Å²) in [4.78, 5) is 5.61. The van der Waals surface area contributed by atoms with E-state index in [4.69, 9.17) is 13.8 Å². The number of hydrogen-bond acceptors (Lipinski definition) is 3. The first-order valence-corrected chi connectivity index (χ1v) is 19.5. The average molecular weight is 723 g/mol. The van der Waals surface area contributed by atoms with Crippen molar-refractivity contribution < 1.29 is 8.83 Å². The predicted molar refractivity (Wildman–Crippen MR) is 234 cm³/mol. The highest BCUT2D eigenvalue weighted by Gasteiger charge is 2.30. The first kappa shape index (κ1) is 32.5. The van der Waals surface area contributed by atoms with Crippen molar-refractivity contribution in [3.05, 3.63) is 181 Å². The summed E-state index contributed by atoms with van der Waals surface area (Å²) in [6.45, 7) is 6.33. The van der Waals surface area contributed by atoms with Gasteiger partial charge in [0.05, 0.1) is 11.0 Å². The highest BCUT2D eigenvalue weighted by molar-refractivity contribution is 6.34. The highest BCUT2D eigenvalue weighted by atomic mass is 16.3. The van der Waals surface area contributed by atoms with Crippen molar-refractivity contribution in [2.75, 3.05) is 0 Å². The third-order valence-electron chi connectivity index (χ3n) is 11.8. The van der Waals surface area contributed by atoms with Crippen LogP contribution in [0.5, 0.6) is 0 Å². The second-order valence-electron chi connectivity index (χ2n) is 15.0. The normalized spacial score (nSPS) is 13.8. The fraction of sp³-hybridized carbons (Fsp3) is 0.0962. The molecule has 0 amide bonds. The van der Waals surface area contributed by atoms with Crippen LogP contribution in [0.25, 0.3) is 82.2 Å². The van der Waals surface area contributed by atoms with Gasteiger partial charge in [0.2, 0.25) is 5.88 Å². The van der Waals surface area contributed by atoms with Gasteiger partial charge in [0, 0.05) is 38.1 Å². The van der Waals surface area contributed by atoms with Gasteiger partial charge >= 0.3 is 0 Å². The van der Waals surface area contributed by atoms with Crippen LogP contribution in [0.1, 0.15) is 35.1 Å². The maximum Gasteiger partial charge on any atom is 0.224 e. The van der Waals surface area contributed by atoms with E-state index >= 15 is 0 Å². The monoisotopic (exact) mass is 722 g/mol. The van der Waals surface area contributed by atoms with Crippen LogP contribution in [0.3, 0.4) is 0 Å². The Labute approximate surface area is 324 Å².